The van der Waals surface area contributed by atoms with Gasteiger partial charge in [-0.05, 0) is 29.8 Å². The molecule has 8 heteroatoms. The second kappa shape index (κ2) is 7.49. The van der Waals surface area contributed by atoms with Crippen molar-refractivity contribution in [2.45, 2.75) is 0 Å². The summed E-state index contributed by atoms with van der Waals surface area (Å²) in [5.74, 6) is -0.779. The molecule has 1 amide bonds. The molecule has 0 radical (unpaired) electrons. The maximum absolute atomic E-state index is 13.7. The Kier molecular flexibility index (Phi) is 5.13. The number of carbonyl (C=O) groups excluding carboxylic acids is 1. The lowest BCUT2D eigenvalue weighted by atomic mass is 10.2. The number of methoxy groups -OCH3 is 2. The highest BCUT2D eigenvalue weighted by molar-refractivity contribution is 7.22. The van der Waals surface area contributed by atoms with Gasteiger partial charge in [-0.3, -0.25) is 10.1 Å². The van der Waals surface area contributed by atoms with Gasteiger partial charge in [-0.1, -0.05) is 17.4 Å². The summed E-state index contributed by atoms with van der Waals surface area (Å²) in [6.07, 6.45) is 2.90. The van der Waals surface area contributed by atoms with Gasteiger partial charge in [0.25, 0.3) is 0 Å². The third-order valence-electron chi connectivity index (χ3n) is 3.48. The number of nitrogens with zero attached hydrogens (tertiary/aromatic N) is 1. The van der Waals surface area contributed by atoms with E-state index in [0.717, 1.165) is 23.0 Å². The van der Waals surface area contributed by atoms with Gasteiger partial charge < -0.3 is 9.47 Å². The summed E-state index contributed by atoms with van der Waals surface area (Å²) < 4.78 is 37.5. The van der Waals surface area contributed by atoms with Crippen LogP contribution in [-0.4, -0.2) is 25.1 Å². The molecule has 3 rings (SSSR count). The number of aromatic nitrogens is 1. The van der Waals surface area contributed by atoms with Crippen LogP contribution in [0.15, 0.2) is 36.4 Å². The van der Waals surface area contributed by atoms with Crippen LogP contribution in [0.3, 0.4) is 0 Å². The molecule has 1 heterocycles. The first-order valence-corrected chi connectivity index (χ1v) is 8.28. The summed E-state index contributed by atoms with van der Waals surface area (Å²) in [6.45, 7) is 0. The Morgan fingerprint density at radius 3 is 2.65 bits per heavy atom. The van der Waals surface area contributed by atoms with Gasteiger partial charge in [0.1, 0.15) is 11.3 Å². The number of thiazole rings is 1. The maximum atomic E-state index is 13.7. The molecule has 0 saturated carbocycles. The first kappa shape index (κ1) is 17.8. The van der Waals surface area contributed by atoms with E-state index < -0.39 is 17.5 Å². The van der Waals surface area contributed by atoms with Gasteiger partial charge in [0, 0.05) is 12.1 Å². The second-order valence-corrected chi connectivity index (χ2v) is 6.22. The molecule has 0 fully saturated rings. The van der Waals surface area contributed by atoms with Crippen LogP contribution >= 0.6 is 11.3 Å². The van der Waals surface area contributed by atoms with Crippen molar-refractivity contribution in [1.82, 2.24) is 4.98 Å². The van der Waals surface area contributed by atoms with Crippen LogP contribution in [-0.2, 0) is 4.79 Å². The minimum atomic E-state index is -0.766. The molecule has 0 spiro atoms. The third kappa shape index (κ3) is 3.80. The van der Waals surface area contributed by atoms with Crippen LogP contribution in [0.25, 0.3) is 16.3 Å². The number of halogens is 2. The number of benzene rings is 2. The number of ether oxygens (including phenoxy) is 2. The van der Waals surface area contributed by atoms with E-state index in [1.54, 1.807) is 24.3 Å². The fourth-order valence-corrected chi connectivity index (χ4v) is 3.19. The first-order chi connectivity index (χ1) is 12.5. The Bertz CT molecular complexity index is 1000. The fourth-order valence-electron chi connectivity index (χ4n) is 2.29. The molecule has 0 saturated heterocycles. The van der Waals surface area contributed by atoms with Crippen LogP contribution in [0.4, 0.5) is 13.9 Å². The van der Waals surface area contributed by atoms with Gasteiger partial charge in [-0.15, -0.1) is 0 Å². The highest BCUT2D eigenvalue weighted by Crippen LogP contribution is 2.29. The minimum Gasteiger partial charge on any atom is -0.493 e. The molecule has 2 aromatic carbocycles. The molecule has 3 aromatic rings. The van der Waals surface area contributed by atoms with E-state index in [0.29, 0.717) is 16.2 Å². The minimum absolute atomic E-state index is 0.0237. The number of rotatable bonds is 5. The van der Waals surface area contributed by atoms with Crippen molar-refractivity contribution < 1.29 is 23.0 Å². The molecule has 0 aliphatic rings. The van der Waals surface area contributed by atoms with E-state index in [4.69, 9.17) is 9.47 Å². The number of nitrogens with one attached hydrogen (secondary N) is 1. The molecule has 0 unspecified atom stereocenters. The quantitative estimate of drug-likeness (QED) is 0.677. The number of amides is 1. The summed E-state index contributed by atoms with van der Waals surface area (Å²) in [6, 6.07) is 7.14. The van der Waals surface area contributed by atoms with E-state index in [9.17, 15) is 13.6 Å². The summed E-state index contributed by atoms with van der Waals surface area (Å²) in [5, 5.41) is 2.72. The zero-order chi connectivity index (χ0) is 18.7. The van der Waals surface area contributed by atoms with Crippen molar-refractivity contribution in [2.24, 2.45) is 0 Å². The predicted molar refractivity (Wildman–Crippen MR) is 96.7 cm³/mol. The number of hydrogen-bond donors (Lipinski definition) is 1. The van der Waals surface area contributed by atoms with Crippen molar-refractivity contribution >= 4 is 38.7 Å². The lowest BCUT2D eigenvalue weighted by Crippen LogP contribution is -2.07. The lowest BCUT2D eigenvalue weighted by molar-refractivity contribution is -0.111. The smallest absolute Gasteiger partial charge is 0.250 e. The topological polar surface area (TPSA) is 60.5 Å². The Morgan fingerprint density at radius 2 is 1.92 bits per heavy atom. The van der Waals surface area contributed by atoms with E-state index >= 15 is 0 Å². The van der Waals surface area contributed by atoms with Crippen molar-refractivity contribution in [2.75, 3.05) is 19.5 Å². The average Bonchev–Trinajstić information content (AvgIpc) is 3.02. The standard InChI is InChI=1S/C18H14F2N2O3S/c1-24-13-5-3-10(7-14(13)25-2)4-6-16(23)21-18-22-17-12(20)8-11(19)9-15(17)26-18/h3-9H,1-2H3,(H,21,22,23). The summed E-state index contributed by atoms with van der Waals surface area (Å²) in [4.78, 5) is 16.0. The summed E-state index contributed by atoms with van der Waals surface area (Å²) in [5.41, 5.74) is 0.755. The normalized spacial score (nSPS) is 11.1. The molecule has 0 atom stereocenters. The van der Waals surface area contributed by atoms with E-state index in [-0.39, 0.29) is 10.6 Å². The maximum Gasteiger partial charge on any atom is 0.250 e. The molecule has 0 bridgehead atoms. The molecular formula is C18H14F2N2O3S. The van der Waals surface area contributed by atoms with Crippen molar-refractivity contribution in [3.63, 3.8) is 0 Å². The van der Waals surface area contributed by atoms with Crippen LogP contribution in [0.5, 0.6) is 11.5 Å². The van der Waals surface area contributed by atoms with Crippen molar-refractivity contribution in [3.05, 3.63) is 53.6 Å². The molecule has 134 valence electrons. The van der Waals surface area contributed by atoms with Gasteiger partial charge in [-0.2, -0.15) is 0 Å². The Balaban J connectivity index is 1.74. The fraction of sp³-hybridized carbons (Fsp3) is 0.111. The Morgan fingerprint density at radius 1 is 1.15 bits per heavy atom. The van der Waals surface area contributed by atoms with Gasteiger partial charge in [-0.25, -0.2) is 13.8 Å². The third-order valence-corrected chi connectivity index (χ3v) is 4.40. The number of fused-ring (bicyclic) bond motifs is 1. The van der Waals surface area contributed by atoms with Gasteiger partial charge in [0.2, 0.25) is 5.91 Å². The number of hydrogen-bond acceptors (Lipinski definition) is 5. The molecule has 5 nitrogen and oxygen atoms in total. The SMILES string of the molecule is COc1ccc(C=CC(=O)Nc2nc3c(F)cc(F)cc3s2)cc1OC. The highest BCUT2D eigenvalue weighted by atomic mass is 32.1. The number of anilines is 1. The predicted octanol–water partition coefficient (Wildman–Crippen LogP) is 4.24. The molecule has 26 heavy (non-hydrogen) atoms. The van der Waals surface area contributed by atoms with E-state index in [1.165, 1.54) is 26.4 Å². The van der Waals surface area contributed by atoms with Crippen LogP contribution in [0.1, 0.15) is 5.56 Å². The second-order valence-electron chi connectivity index (χ2n) is 5.19. The first-order valence-electron chi connectivity index (χ1n) is 7.47. The lowest BCUT2D eigenvalue weighted by Gasteiger charge is -2.07. The monoisotopic (exact) mass is 376 g/mol. The van der Waals surface area contributed by atoms with Gasteiger partial charge in [0.05, 0.1) is 18.9 Å². The van der Waals surface area contributed by atoms with Crippen LogP contribution in [0, 0.1) is 11.6 Å². The van der Waals surface area contributed by atoms with E-state index in [1.807, 2.05) is 0 Å². The molecule has 1 aromatic heterocycles. The molecule has 0 aliphatic heterocycles. The van der Waals surface area contributed by atoms with Crippen LogP contribution in [0.2, 0.25) is 0 Å². The van der Waals surface area contributed by atoms with Crippen LogP contribution < -0.4 is 14.8 Å². The largest absolute Gasteiger partial charge is 0.493 e. The average molecular weight is 376 g/mol. The zero-order valence-corrected chi connectivity index (χ0v) is 14.7. The molecule has 0 aliphatic carbocycles. The van der Waals surface area contributed by atoms with Crippen molar-refractivity contribution in [1.29, 1.82) is 0 Å². The zero-order valence-electron chi connectivity index (χ0n) is 13.9. The molecule has 1 N–H and O–H groups in total. The Labute approximate surface area is 151 Å². The Hall–Kier alpha value is -3.00. The summed E-state index contributed by atoms with van der Waals surface area (Å²) >= 11 is 0.993. The summed E-state index contributed by atoms with van der Waals surface area (Å²) in [7, 11) is 3.06. The number of carbonyl (C=O) groups is 1. The van der Waals surface area contributed by atoms with Crippen molar-refractivity contribution in [3.8, 4) is 11.5 Å². The van der Waals surface area contributed by atoms with E-state index in [2.05, 4.69) is 10.3 Å². The molecular weight excluding hydrogens is 362 g/mol. The van der Waals surface area contributed by atoms with Gasteiger partial charge >= 0.3 is 0 Å². The van der Waals surface area contributed by atoms with Gasteiger partial charge in [0.15, 0.2) is 22.4 Å². The highest BCUT2D eigenvalue weighted by Gasteiger charge is 2.11.